The van der Waals surface area contributed by atoms with Gasteiger partial charge in [-0.1, -0.05) is 163 Å². The van der Waals surface area contributed by atoms with Gasteiger partial charge in [0.15, 0.2) is 0 Å². The Labute approximate surface area is 352 Å². The number of hydrogen-bond donors (Lipinski definition) is 2. The molecule has 7 heteroatoms. The first-order valence-electron chi connectivity index (χ1n) is 23.8. The quantitative estimate of drug-likeness (QED) is 0.0893. The number of hydrogen-bond acceptors (Lipinski definition) is 4. The van der Waals surface area contributed by atoms with Gasteiger partial charge in [-0.25, -0.2) is 0 Å². The molecule has 6 unspecified atom stereocenters. The zero-order valence-corrected chi connectivity index (χ0v) is 41.8. The molecule has 2 N–H and O–H groups in total. The maximum atomic E-state index is 11.9. The summed E-state index contributed by atoms with van der Waals surface area (Å²) in [5.74, 6) is 6.82. The van der Waals surface area contributed by atoms with Crippen molar-refractivity contribution in [3.63, 3.8) is 0 Å². The summed E-state index contributed by atoms with van der Waals surface area (Å²) in [4.78, 5) is 21.7. The summed E-state index contributed by atoms with van der Waals surface area (Å²) in [7, 11) is 0. The fourth-order valence-corrected chi connectivity index (χ4v) is 8.67. The number of rotatable bonds is 12. The van der Waals surface area contributed by atoms with E-state index >= 15 is 0 Å². The van der Waals surface area contributed by atoms with Gasteiger partial charge >= 0.3 is 0 Å². The molecule has 4 aliphatic carbocycles. The summed E-state index contributed by atoms with van der Waals surface area (Å²) in [6.45, 7) is 50.7. The van der Waals surface area contributed by atoms with Crippen molar-refractivity contribution < 1.29 is 9.45 Å². The molecule has 2 bridgehead atoms. The van der Waals surface area contributed by atoms with Crippen molar-refractivity contribution in [1.82, 2.24) is 10.7 Å². The molecular formula is C49H102BN3O3. The van der Waals surface area contributed by atoms with Crippen molar-refractivity contribution in [2.45, 2.75) is 234 Å². The molecule has 0 aromatic carbocycles. The first-order chi connectivity index (χ1) is 26.2. The lowest BCUT2D eigenvalue weighted by atomic mass is 9.44. The van der Waals surface area contributed by atoms with Crippen molar-refractivity contribution in [2.75, 3.05) is 6.54 Å². The molecule has 1 heterocycles. The van der Waals surface area contributed by atoms with Crippen molar-refractivity contribution in [2.24, 2.45) is 63.5 Å². The zero-order chi connectivity index (χ0) is 44.4. The van der Waals surface area contributed by atoms with Crippen LogP contribution >= 0.6 is 0 Å². The molecule has 6 nitrogen and oxygen atoms in total. The first kappa shape index (κ1) is 58.9. The van der Waals surface area contributed by atoms with Crippen LogP contribution in [0.4, 0.5) is 0 Å². The Balaban J connectivity index is -0.000000688. The number of amides is 1. The van der Waals surface area contributed by atoms with Crippen LogP contribution in [0.1, 0.15) is 210 Å². The number of nitrogens with one attached hydrogen (secondary N) is 2. The van der Waals surface area contributed by atoms with E-state index in [4.69, 9.17) is 4.65 Å². The Morgan fingerprint density at radius 3 is 1.79 bits per heavy atom. The van der Waals surface area contributed by atoms with Crippen molar-refractivity contribution >= 4 is 12.8 Å². The van der Waals surface area contributed by atoms with E-state index < -0.39 is 0 Å². The third kappa shape index (κ3) is 22.1. The summed E-state index contributed by atoms with van der Waals surface area (Å²) >= 11 is 0. The van der Waals surface area contributed by atoms with Gasteiger partial charge in [0, 0.05) is 29.9 Å². The minimum Gasteiger partial charge on any atom is -0.432 e. The number of carbonyl (C=O) groups excluding carboxylic acids is 1. The molecule has 334 valence electrons. The fraction of sp³-hybridized carbons (Fsp3) is 0.939. The summed E-state index contributed by atoms with van der Waals surface area (Å²) in [6, 6.07) is 0.199. The summed E-state index contributed by atoms with van der Waals surface area (Å²) in [6.07, 6.45) is 14.3. The smallest absolute Gasteiger partial charge is 0.296 e. The van der Waals surface area contributed by atoms with Crippen molar-refractivity contribution in [3.05, 3.63) is 17.1 Å². The van der Waals surface area contributed by atoms with Crippen LogP contribution in [0.2, 0.25) is 12.1 Å². The fourth-order valence-electron chi connectivity index (χ4n) is 8.67. The largest absolute Gasteiger partial charge is 0.432 e. The highest BCUT2D eigenvalue weighted by Crippen LogP contribution is 2.64. The van der Waals surface area contributed by atoms with Gasteiger partial charge in [0.05, 0.1) is 0 Å². The molecule has 1 amide bonds. The normalized spacial score (nSPS) is 25.4. The second-order valence-electron chi connectivity index (χ2n) is 19.5. The van der Waals surface area contributed by atoms with Crippen molar-refractivity contribution in [1.29, 1.82) is 0 Å². The van der Waals surface area contributed by atoms with Crippen LogP contribution in [0.25, 0.3) is 0 Å². The maximum absolute atomic E-state index is 11.9. The summed E-state index contributed by atoms with van der Waals surface area (Å²) < 4.78 is 6.51. The monoisotopic (exact) mass is 792 g/mol. The third-order valence-corrected chi connectivity index (χ3v) is 12.9. The molecule has 5 rings (SSSR count). The van der Waals surface area contributed by atoms with Crippen LogP contribution in [0, 0.1) is 63.1 Å². The predicted molar refractivity (Wildman–Crippen MR) is 252 cm³/mol. The molecule has 5 fully saturated rings. The topological polar surface area (TPSA) is 79.8 Å². The van der Waals surface area contributed by atoms with Crippen LogP contribution in [0.5, 0.6) is 0 Å². The van der Waals surface area contributed by atoms with Crippen molar-refractivity contribution in [3.8, 4) is 0 Å². The molecule has 0 aromatic rings. The number of nitroso groups, excluding NO2 is 1. The molecule has 1 saturated heterocycles. The van der Waals surface area contributed by atoms with Crippen LogP contribution in [0.3, 0.4) is 0 Å². The lowest BCUT2D eigenvalue weighted by Gasteiger charge is -2.61. The second-order valence-corrected chi connectivity index (χ2v) is 19.5. The lowest BCUT2D eigenvalue weighted by molar-refractivity contribution is -0.146. The molecule has 0 radical (unpaired) electrons. The standard InChI is InChI=1S/C16H29BO.C15H27NO.C8H18N2O.C4H10.3C2H6/c1-10(2)6-11(3)17-9-12-7-13-8-14(15(12)18-17)16(13,4)5;1-11(2)10-16-14(17)12-6-8-13(9-7-12)15(3,4)5;1-6(2)7(3)5-8(4)9-10-11;1-3-4-2;3*1-2/h10-15H,6-9H2,1-5H3;12-13H,1,6-10H2,2-5H3,(H,16,17);6-8H,5H2,1-4H3,(H,9,11);3-4H2,1-2H3;3*1-2H3/t11?,12?,13?,14?,15-;;;;;;/m1....../s1. The minimum absolute atomic E-state index is 0.199. The first-order valence-corrected chi connectivity index (χ1v) is 23.8. The van der Waals surface area contributed by atoms with E-state index in [0.717, 1.165) is 60.2 Å². The molecule has 0 spiro atoms. The zero-order valence-electron chi connectivity index (χ0n) is 41.8. The summed E-state index contributed by atoms with van der Waals surface area (Å²) in [5.41, 5.74) is 4.47. The molecule has 4 saturated carbocycles. The average molecular weight is 792 g/mol. The molecule has 56 heavy (non-hydrogen) atoms. The van der Waals surface area contributed by atoms with E-state index in [2.05, 4.69) is 113 Å². The Morgan fingerprint density at radius 1 is 0.875 bits per heavy atom. The van der Waals surface area contributed by atoms with Gasteiger partial charge < -0.3 is 9.97 Å². The van der Waals surface area contributed by atoms with E-state index in [0.29, 0.717) is 42.2 Å². The molecular weight excluding hydrogens is 689 g/mol. The van der Waals surface area contributed by atoms with Gasteiger partial charge in [0.25, 0.3) is 6.92 Å². The van der Waals surface area contributed by atoms with Crippen LogP contribution in [0.15, 0.2) is 17.4 Å². The van der Waals surface area contributed by atoms with Gasteiger partial charge in [-0.05, 0) is 123 Å². The Hall–Kier alpha value is -1.37. The van der Waals surface area contributed by atoms with E-state index in [1.807, 2.05) is 55.4 Å². The van der Waals surface area contributed by atoms with Gasteiger partial charge in [-0.3, -0.25) is 10.2 Å². The molecule has 1 aliphatic heterocycles. The number of carbonyl (C=O) groups is 1. The van der Waals surface area contributed by atoms with Gasteiger partial charge in [-0.2, -0.15) is 0 Å². The van der Waals surface area contributed by atoms with Crippen LogP contribution in [-0.4, -0.2) is 31.5 Å². The van der Waals surface area contributed by atoms with E-state index in [-0.39, 0.29) is 17.9 Å². The van der Waals surface area contributed by atoms with Gasteiger partial charge in [0.2, 0.25) is 5.91 Å². The average Bonchev–Trinajstić information content (AvgIpc) is 3.61. The lowest BCUT2D eigenvalue weighted by Crippen LogP contribution is -2.57. The van der Waals surface area contributed by atoms with E-state index in [9.17, 15) is 9.70 Å². The highest BCUT2D eigenvalue weighted by molar-refractivity contribution is 6.54. The van der Waals surface area contributed by atoms with Gasteiger partial charge in [-0.15, -0.1) is 4.91 Å². The highest BCUT2D eigenvalue weighted by Gasteiger charge is 2.61. The van der Waals surface area contributed by atoms with Gasteiger partial charge in [0.1, 0.15) is 0 Å². The molecule has 5 aliphatic rings. The van der Waals surface area contributed by atoms with Crippen LogP contribution < -0.4 is 10.7 Å². The maximum Gasteiger partial charge on any atom is 0.296 e. The van der Waals surface area contributed by atoms with E-state index in [1.165, 1.54) is 51.3 Å². The predicted octanol–water partition coefficient (Wildman–Crippen LogP) is 15.2. The van der Waals surface area contributed by atoms with Crippen LogP contribution in [-0.2, 0) is 9.45 Å². The highest BCUT2D eigenvalue weighted by atomic mass is 16.5. The Bertz CT molecular complexity index is 984. The summed E-state index contributed by atoms with van der Waals surface area (Å²) in [5, 5.41) is 5.61. The Morgan fingerprint density at radius 2 is 1.39 bits per heavy atom. The molecule has 0 aromatic heterocycles. The molecule has 7 atom stereocenters. The third-order valence-electron chi connectivity index (χ3n) is 12.9. The second kappa shape index (κ2) is 31.5. The number of unbranched alkanes of at least 4 members (excludes halogenated alkanes) is 1. The SMILES string of the molecule is C=C(C)CNC(=O)C1CCC(C(C)(C)C)CC1.CC.CC.CC.CC(C)CC(C)B1CC2CC3CC([C@@H]2O1)C3(C)C.CC(CC(C)C(C)C)NN=O.CCCC. The van der Waals surface area contributed by atoms with E-state index in [1.54, 1.807) is 0 Å². The number of nitrogens with zero attached hydrogens (tertiary/aromatic N) is 1. The minimum atomic E-state index is 0.199. The Kier molecular flexibility index (Phi) is 33.2.